The molecule has 138 valence electrons. The normalized spacial score (nSPS) is 16.1. The second-order valence-corrected chi connectivity index (χ2v) is 6.86. The Bertz CT molecular complexity index is 889. The summed E-state index contributed by atoms with van der Waals surface area (Å²) in [5.74, 6) is 1.20. The summed E-state index contributed by atoms with van der Waals surface area (Å²) >= 11 is 0. The number of methoxy groups -OCH3 is 1. The van der Waals surface area contributed by atoms with Crippen LogP contribution < -0.4 is 9.64 Å². The van der Waals surface area contributed by atoms with Gasteiger partial charge < -0.3 is 14.7 Å². The lowest BCUT2D eigenvalue weighted by Crippen LogP contribution is -2.43. The van der Waals surface area contributed by atoms with Crippen molar-refractivity contribution >= 4 is 5.95 Å². The van der Waals surface area contributed by atoms with Crippen molar-refractivity contribution in [3.05, 3.63) is 72.4 Å². The van der Waals surface area contributed by atoms with Gasteiger partial charge in [0.05, 0.1) is 12.7 Å². The molecule has 2 aromatic carbocycles. The zero-order chi connectivity index (χ0) is 18.7. The van der Waals surface area contributed by atoms with Crippen LogP contribution in [0.4, 0.5) is 5.95 Å². The number of piperidine rings is 1. The third-order valence-electron chi connectivity index (χ3n) is 5.23. The summed E-state index contributed by atoms with van der Waals surface area (Å²) in [6.45, 7) is 1.40. The van der Waals surface area contributed by atoms with Gasteiger partial charge in [0.2, 0.25) is 11.8 Å². The summed E-state index contributed by atoms with van der Waals surface area (Å²) in [5.41, 5.74) is 2.49. The van der Waals surface area contributed by atoms with Crippen LogP contribution in [0.2, 0.25) is 0 Å². The zero-order valence-corrected chi connectivity index (χ0v) is 15.4. The molecule has 4 rings (SSSR count). The van der Waals surface area contributed by atoms with E-state index in [1.165, 1.54) is 5.56 Å². The molecule has 5 heteroatoms. The predicted octanol–water partition coefficient (Wildman–Crippen LogP) is 3.64. The Morgan fingerprint density at radius 3 is 2.26 bits per heavy atom. The molecule has 0 amide bonds. The summed E-state index contributed by atoms with van der Waals surface area (Å²) in [7, 11) is 1.60. The quantitative estimate of drug-likeness (QED) is 0.769. The standard InChI is InChI=1S/C22H23N3O2/c1-27-20-11-14-23-21(24-20)25-15-12-22(26,13-16-25)19-9-7-18(8-10-19)17-5-3-2-4-6-17/h2-11,14,26H,12-13,15-16H2,1H3. The molecule has 2 heterocycles. The third-order valence-corrected chi connectivity index (χ3v) is 5.23. The lowest BCUT2D eigenvalue weighted by molar-refractivity contribution is 0.0115. The number of rotatable bonds is 4. The van der Waals surface area contributed by atoms with Gasteiger partial charge in [-0.05, 0) is 29.5 Å². The van der Waals surface area contributed by atoms with Crippen LogP contribution in [0.3, 0.4) is 0 Å². The van der Waals surface area contributed by atoms with Crippen LogP contribution in [0.1, 0.15) is 18.4 Å². The van der Waals surface area contributed by atoms with E-state index in [-0.39, 0.29) is 0 Å². The van der Waals surface area contributed by atoms with Crippen LogP contribution in [0.5, 0.6) is 5.88 Å². The van der Waals surface area contributed by atoms with E-state index in [9.17, 15) is 5.11 Å². The Labute approximate surface area is 159 Å². The first kappa shape index (κ1) is 17.5. The Morgan fingerprint density at radius 1 is 0.926 bits per heavy atom. The molecule has 0 unspecified atom stereocenters. The van der Waals surface area contributed by atoms with Gasteiger partial charge in [-0.15, -0.1) is 0 Å². The van der Waals surface area contributed by atoms with Crippen molar-refractivity contribution in [1.29, 1.82) is 0 Å². The number of ether oxygens (including phenoxy) is 1. The first-order chi connectivity index (χ1) is 13.2. The Kier molecular flexibility index (Phi) is 4.77. The van der Waals surface area contributed by atoms with Gasteiger partial charge in [-0.2, -0.15) is 4.98 Å². The highest BCUT2D eigenvalue weighted by Crippen LogP contribution is 2.35. The highest BCUT2D eigenvalue weighted by atomic mass is 16.5. The molecular formula is C22H23N3O2. The number of nitrogens with zero attached hydrogens (tertiary/aromatic N) is 3. The molecule has 3 aromatic rings. The number of hydrogen-bond donors (Lipinski definition) is 1. The maximum atomic E-state index is 11.2. The van der Waals surface area contributed by atoms with Crippen molar-refractivity contribution in [2.24, 2.45) is 0 Å². The van der Waals surface area contributed by atoms with Gasteiger partial charge in [0.15, 0.2) is 0 Å². The van der Waals surface area contributed by atoms with E-state index < -0.39 is 5.60 Å². The number of benzene rings is 2. The summed E-state index contributed by atoms with van der Waals surface area (Å²) in [4.78, 5) is 10.8. The number of aromatic nitrogens is 2. The topological polar surface area (TPSA) is 58.5 Å². The first-order valence-corrected chi connectivity index (χ1v) is 9.18. The fourth-order valence-corrected chi connectivity index (χ4v) is 3.57. The highest BCUT2D eigenvalue weighted by molar-refractivity contribution is 5.63. The van der Waals surface area contributed by atoms with E-state index in [0.29, 0.717) is 37.8 Å². The summed E-state index contributed by atoms with van der Waals surface area (Å²) in [5, 5.41) is 11.2. The molecule has 1 fully saturated rings. The largest absolute Gasteiger partial charge is 0.481 e. The van der Waals surface area contributed by atoms with Crippen molar-refractivity contribution in [2.75, 3.05) is 25.1 Å². The van der Waals surface area contributed by atoms with Gasteiger partial charge in [0.25, 0.3) is 0 Å². The molecular weight excluding hydrogens is 338 g/mol. The fraction of sp³-hybridized carbons (Fsp3) is 0.273. The molecule has 5 nitrogen and oxygen atoms in total. The van der Waals surface area contributed by atoms with Gasteiger partial charge in [-0.25, -0.2) is 4.98 Å². The molecule has 1 aliphatic rings. The van der Waals surface area contributed by atoms with Gasteiger partial charge in [0.1, 0.15) is 0 Å². The molecule has 0 aliphatic carbocycles. The minimum atomic E-state index is -0.815. The van der Waals surface area contributed by atoms with E-state index in [4.69, 9.17) is 4.74 Å². The van der Waals surface area contributed by atoms with E-state index in [0.717, 1.165) is 11.1 Å². The van der Waals surface area contributed by atoms with Crippen LogP contribution in [0, 0.1) is 0 Å². The van der Waals surface area contributed by atoms with Crippen molar-refractivity contribution in [2.45, 2.75) is 18.4 Å². The monoisotopic (exact) mass is 361 g/mol. The summed E-state index contributed by atoms with van der Waals surface area (Å²) < 4.78 is 5.18. The second kappa shape index (κ2) is 7.37. The first-order valence-electron chi connectivity index (χ1n) is 9.18. The number of hydrogen-bond acceptors (Lipinski definition) is 5. The van der Waals surface area contributed by atoms with Gasteiger partial charge in [-0.1, -0.05) is 54.6 Å². The molecule has 0 atom stereocenters. The van der Waals surface area contributed by atoms with Crippen LogP contribution in [0.25, 0.3) is 11.1 Å². The van der Waals surface area contributed by atoms with Gasteiger partial charge in [-0.3, -0.25) is 0 Å². The van der Waals surface area contributed by atoms with Gasteiger partial charge >= 0.3 is 0 Å². The SMILES string of the molecule is COc1ccnc(N2CCC(O)(c3ccc(-c4ccccc4)cc3)CC2)n1. The molecule has 1 saturated heterocycles. The maximum absolute atomic E-state index is 11.2. The van der Waals surface area contributed by atoms with Gasteiger partial charge in [0, 0.05) is 25.4 Å². The van der Waals surface area contributed by atoms with E-state index >= 15 is 0 Å². The van der Waals surface area contributed by atoms with Crippen molar-refractivity contribution in [1.82, 2.24) is 9.97 Å². The molecule has 1 aromatic heterocycles. The van der Waals surface area contributed by atoms with Crippen molar-refractivity contribution in [3.8, 4) is 17.0 Å². The third kappa shape index (κ3) is 3.64. The Hall–Kier alpha value is -2.92. The van der Waals surface area contributed by atoms with Crippen LogP contribution >= 0.6 is 0 Å². The van der Waals surface area contributed by atoms with Crippen LogP contribution in [0.15, 0.2) is 66.9 Å². The molecule has 1 N–H and O–H groups in total. The summed E-state index contributed by atoms with van der Waals surface area (Å²) in [6.07, 6.45) is 2.97. The van der Waals surface area contributed by atoms with Crippen molar-refractivity contribution in [3.63, 3.8) is 0 Å². The Morgan fingerprint density at radius 2 is 1.59 bits per heavy atom. The van der Waals surface area contributed by atoms with E-state index in [1.54, 1.807) is 19.4 Å². The maximum Gasteiger partial charge on any atom is 0.228 e. The van der Waals surface area contributed by atoms with E-state index in [2.05, 4.69) is 39.1 Å². The van der Waals surface area contributed by atoms with Crippen LogP contribution in [-0.4, -0.2) is 35.3 Å². The number of anilines is 1. The predicted molar refractivity (Wildman–Crippen MR) is 106 cm³/mol. The average molecular weight is 361 g/mol. The smallest absolute Gasteiger partial charge is 0.228 e. The molecule has 0 spiro atoms. The highest BCUT2D eigenvalue weighted by Gasteiger charge is 2.34. The minimum Gasteiger partial charge on any atom is -0.481 e. The second-order valence-electron chi connectivity index (χ2n) is 6.86. The van der Waals surface area contributed by atoms with Crippen molar-refractivity contribution < 1.29 is 9.84 Å². The minimum absolute atomic E-state index is 0.553. The number of aliphatic hydroxyl groups is 1. The average Bonchev–Trinajstić information content (AvgIpc) is 2.75. The molecule has 0 bridgehead atoms. The van der Waals surface area contributed by atoms with Crippen LogP contribution in [-0.2, 0) is 5.60 Å². The fourth-order valence-electron chi connectivity index (χ4n) is 3.57. The Balaban J connectivity index is 1.47. The molecule has 0 saturated carbocycles. The molecule has 0 radical (unpaired) electrons. The summed E-state index contributed by atoms with van der Waals surface area (Å²) in [6, 6.07) is 20.3. The lowest BCUT2D eigenvalue weighted by atomic mass is 9.84. The molecule has 27 heavy (non-hydrogen) atoms. The van der Waals surface area contributed by atoms with E-state index in [1.807, 2.05) is 30.3 Å². The molecule has 1 aliphatic heterocycles. The lowest BCUT2D eigenvalue weighted by Gasteiger charge is -2.38. The zero-order valence-electron chi connectivity index (χ0n) is 15.4.